The fourth-order valence-corrected chi connectivity index (χ4v) is 4.57. The zero-order chi connectivity index (χ0) is 16.8. The average Bonchev–Trinajstić information content (AvgIpc) is 2.97. The van der Waals surface area contributed by atoms with E-state index in [9.17, 15) is 9.90 Å². The van der Waals surface area contributed by atoms with E-state index in [1.807, 2.05) is 4.90 Å². The molecule has 0 spiro atoms. The van der Waals surface area contributed by atoms with Crippen molar-refractivity contribution in [1.29, 1.82) is 0 Å². The van der Waals surface area contributed by atoms with E-state index in [1.165, 1.54) is 23.3 Å². The zero-order valence-electron chi connectivity index (χ0n) is 13.0. The maximum atomic E-state index is 13.0. The van der Waals surface area contributed by atoms with Gasteiger partial charge in [0, 0.05) is 24.1 Å². The average molecular weight is 362 g/mol. The van der Waals surface area contributed by atoms with Crippen molar-refractivity contribution in [3.05, 3.63) is 63.1 Å². The minimum absolute atomic E-state index is 0.0682. The number of hydrogen-bond donors (Lipinski definition) is 1. The van der Waals surface area contributed by atoms with Gasteiger partial charge in [-0.15, -0.1) is 0 Å². The molecule has 4 rings (SSSR count). The van der Waals surface area contributed by atoms with Gasteiger partial charge in [-0.3, -0.25) is 4.79 Å². The molecule has 2 aliphatic rings. The van der Waals surface area contributed by atoms with Crippen LogP contribution in [0.5, 0.6) is 5.75 Å². The van der Waals surface area contributed by atoms with Crippen LogP contribution >= 0.6 is 23.2 Å². The van der Waals surface area contributed by atoms with Crippen molar-refractivity contribution in [3.8, 4) is 5.75 Å². The zero-order valence-corrected chi connectivity index (χ0v) is 14.5. The lowest BCUT2D eigenvalue weighted by atomic mass is 9.88. The van der Waals surface area contributed by atoms with Crippen molar-refractivity contribution in [2.24, 2.45) is 0 Å². The highest BCUT2D eigenvalue weighted by Gasteiger charge is 2.40. The largest absolute Gasteiger partial charge is 0.505 e. The molecule has 2 atom stereocenters. The molecule has 1 unspecified atom stereocenters. The Morgan fingerprint density at radius 1 is 1.17 bits per heavy atom. The Morgan fingerprint density at radius 2 is 1.88 bits per heavy atom. The number of rotatable bonds is 1. The van der Waals surface area contributed by atoms with E-state index >= 15 is 0 Å². The molecule has 1 amide bonds. The first kappa shape index (κ1) is 15.8. The van der Waals surface area contributed by atoms with Gasteiger partial charge in [0.1, 0.15) is 0 Å². The number of likely N-dealkylation sites (tertiary alicyclic amines) is 1. The third-order valence-corrected chi connectivity index (χ3v) is 5.76. The van der Waals surface area contributed by atoms with Gasteiger partial charge in [-0.1, -0.05) is 47.5 Å². The number of piperidine rings is 1. The van der Waals surface area contributed by atoms with Crippen LogP contribution in [0.25, 0.3) is 0 Å². The number of carbonyl (C=O) groups is 1. The highest BCUT2D eigenvalue weighted by atomic mass is 35.5. The molecule has 1 heterocycles. The van der Waals surface area contributed by atoms with Crippen molar-refractivity contribution >= 4 is 29.1 Å². The molecule has 0 aromatic heterocycles. The predicted octanol–water partition coefficient (Wildman–Crippen LogP) is 4.64. The molecule has 124 valence electrons. The number of phenolic OH excluding ortho intramolecular Hbond substituents is 1. The smallest absolute Gasteiger partial charge is 0.254 e. The van der Waals surface area contributed by atoms with Gasteiger partial charge in [-0.2, -0.15) is 0 Å². The van der Waals surface area contributed by atoms with Crippen LogP contribution in [-0.4, -0.2) is 28.5 Å². The summed E-state index contributed by atoms with van der Waals surface area (Å²) in [5, 5.41) is 9.91. The minimum atomic E-state index is -0.181. The highest BCUT2D eigenvalue weighted by molar-refractivity contribution is 6.37. The van der Waals surface area contributed by atoms with E-state index in [-0.39, 0.29) is 27.7 Å². The molecular weight excluding hydrogens is 345 g/mol. The normalized spacial score (nSPS) is 22.2. The SMILES string of the molecule is O=C(c1cc(Cl)c(O)c(Cl)c1)N1CCC[C@@H]2c3ccccc3CC21. The standard InChI is InChI=1S/C19H17Cl2NO2/c20-15-8-12(9-16(21)18(15)23)19(24)22-7-3-6-14-13-5-2-1-4-11(13)10-17(14)22/h1-2,4-5,8-9,14,17,23H,3,6-7,10H2/t14-,17?/m1/s1. The second-order valence-corrected chi connectivity index (χ2v) is 7.32. The number of benzene rings is 2. The molecule has 1 saturated heterocycles. The van der Waals surface area contributed by atoms with Gasteiger partial charge in [-0.05, 0) is 42.5 Å². The van der Waals surface area contributed by atoms with Gasteiger partial charge in [0.25, 0.3) is 5.91 Å². The van der Waals surface area contributed by atoms with Gasteiger partial charge in [0.15, 0.2) is 5.75 Å². The number of carbonyl (C=O) groups excluding carboxylic acids is 1. The molecule has 1 N–H and O–H groups in total. The van der Waals surface area contributed by atoms with E-state index in [0.717, 1.165) is 25.8 Å². The van der Waals surface area contributed by atoms with Gasteiger partial charge in [-0.25, -0.2) is 0 Å². The van der Waals surface area contributed by atoms with E-state index < -0.39 is 0 Å². The van der Waals surface area contributed by atoms with Crippen molar-refractivity contribution in [1.82, 2.24) is 4.90 Å². The molecule has 2 aromatic rings. The van der Waals surface area contributed by atoms with Crippen LogP contribution in [0.3, 0.4) is 0 Å². The van der Waals surface area contributed by atoms with E-state index in [4.69, 9.17) is 23.2 Å². The lowest BCUT2D eigenvalue weighted by molar-refractivity contribution is 0.0595. The summed E-state index contributed by atoms with van der Waals surface area (Å²) in [6.07, 6.45) is 3.00. The highest BCUT2D eigenvalue weighted by Crippen LogP contribution is 2.43. The fourth-order valence-electron chi connectivity index (χ4n) is 4.09. The van der Waals surface area contributed by atoms with Crippen LogP contribution in [0.1, 0.15) is 40.2 Å². The Hall–Kier alpha value is -1.71. The third-order valence-electron chi connectivity index (χ3n) is 5.19. The van der Waals surface area contributed by atoms with Crippen molar-refractivity contribution in [3.63, 3.8) is 0 Å². The quantitative estimate of drug-likeness (QED) is 0.803. The maximum Gasteiger partial charge on any atom is 0.254 e. The molecule has 24 heavy (non-hydrogen) atoms. The van der Waals surface area contributed by atoms with Crippen LogP contribution in [0.15, 0.2) is 36.4 Å². The summed E-state index contributed by atoms with van der Waals surface area (Å²) in [4.78, 5) is 15.0. The molecule has 1 aliphatic carbocycles. The van der Waals surface area contributed by atoms with E-state index in [0.29, 0.717) is 11.5 Å². The Kier molecular flexibility index (Phi) is 3.93. The van der Waals surface area contributed by atoms with Crippen LogP contribution in [0.4, 0.5) is 0 Å². The fraction of sp³-hybridized carbons (Fsp3) is 0.316. The van der Waals surface area contributed by atoms with Crippen molar-refractivity contribution < 1.29 is 9.90 Å². The summed E-state index contributed by atoms with van der Waals surface area (Å²) in [5.41, 5.74) is 3.15. The van der Waals surface area contributed by atoms with Gasteiger partial charge in [0.05, 0.1) is 10.0 Å². The van der Waals surface area contributed by atoms with Crippen LogP contribution in [0.2, 0.25) is 10.0 Å². The molecule has 0 saturated carbocycles. The summed E-state index contributed by atoms with van der Waals surface area (Å²) >= 11 is 12.0. The first-order chi connectivity index (χ1) is 11.6. The summed E-state index contributed by atoms with van der Waals surface area (Å²) < 4.78 is 0. The van der Waals surface area contributed by atoms with Crippen molar-refractivity contribution in [2.45, 2.75) is 31.2 Å². The third kappa shape index (κ3) is 2.47. The first-order valence-electron chi connectivity index (χ1n) is 8.13. The Labute approximate surface area is 150 Å². The molecule has 1 aliphatic heterocycles. The number of nitrogens with zero attached hydrogens (tertiary/aromatic N) is 1. The lowest BCUT2D eigenvalue weighted by Gasteiger charge is -2.38. The summed E-state index contributed by atoms with van der Waals surface area (Å²) in [6.45, 7) is 0.740. The lowest BCUT2D eigenvalue weighted by Crippen LogP contribution is -2.46. The van der Waals surface area contributed by atoms with E-state index in [2.05, 4.69) is 24.3 Å². The van der Waals surface area contributed by atoms with Crippen LogP contribution < -0.4 is 0 Å². The molecule has 5 heteroatoms. The number of halogens is 2. The molecule has 3 nitrogen and oxygen atoms in total. The molecule has 0 bridgehead atoms. The number of amides is 1. The second kappa shape index (κ2) is 5.98. The van der Waals surface area contributed by atoms with E-state index in [1.54, 1.807) is 0 Å². The number of hydrogen-bond acceptors (Lipinski definition) is 2. The molecule has 2 aromatic carbocycles. The summed E-state index contributed by atoms with van der Waals surface area (Å²) in [6, 6.07) is 11.7. The minimum Gasteiger partial charge on any atom is -0.505 e. The summed E-state index contributed by atoms with van der Waals surface area (Å²) in [5.74, 6) is 0.156. The van der Waals surface area contributed by atoms with Crippen LogP contribution in [-0.2, 0) is 6.42 Å². The van der Waals surface area contributed by atoms with Crippen LogP contribution in [0, 0.1) is 0 Å². The monoisotopic (exact) mass is 361 g/mol. The Morgan fingerprint density at radius 3 is 2.62 bits per heavy atom. The Balaban J connectivity index is 1.66. The van der Waals surface area contributed by atoms with Gasteiger partial charge >= 0.3 is 0 Å². The summed E-state index contributed by atoms with van der Waals surface area (Å²) in [7, 11) is 0. The predicted molar refractivity (Wildman–Crippen MR) is 95.1 cm³/mol. The second-order valence-electron chi connectivity index (χ2n) is 6.51. The topological polar surface area (TPSA) is 40.5 Å². The molecule has 1 fully saturated rings. The number of fused-ring (bicyclic) bond motifs is 3. The number of aromatic hydroxyl groups is 1. The first-order valence-corrected chi connectivity index (χ1v) is 8.88. The maximum absolute atomic E-state index is 13.0. The van der Waals surface area contributed by atoms with Gasteiger partial charge in [0.2, 0.25) is 0 Å². The molecule has 0 radical (unpaired) electrons. The Bertz CT molecular complexity index is 798. The van der Waals surface area contributed by atoms with Crippen molar-refractivity contribution in [2.75, 3.05) is 6.54 Å². The van der Waals surface area contributed by atoms with Gasteiger partial charge < -0.3 is 10.0 Å². The molecular formula is C19H17Cl2NO2. The number of phenols is 1.